The normalized spacial score (nSPS) is 21.0. The number of ether oxygens (including phenoxy) is 1. The van der Waals surface area contributed by atoms with Crippen LogP contribution in [0, 0.1) is 5.41 Å². The zero-order valence-corrected chi connectivity index (χ0v) is 22.1. The van der Waals surface area contributed by atoms with Gasteiger partial charge in [-0.25, -0.2) is 4.79 Å². The van der Waals surface area contributed by atoms with Gasteiger partial charge in [-0.3, -0.25) is 14.5 Å². The summed E-state index contributed by atoms with van der Waals surface area (Å²) in [7, 11) is 1.75. The molecule has 1 atom stereocenters. The SMILES string of the molecule is CN(C(=O)N1CCC(CC(=O)N(c2ccccc2)C2CCCOC2)(C(=O)O)CC1)c1ccc(C2CC2)cc1. The van der Waals surface area contributed by atoms with E-state index in [0.717, 1.165) is 24.2 Å². The van der Waals surface area contributed by atoms with Gasteiger partial charge in [0.2, 0.25) is 5.91 Å². The maximum atomic E-state index is 13.7. The van der Waals surface area contributed by atoms with E-state index < -0.39 is 11.4 Å². The van der Waals surface area contributed by atoms with E-state index in [1.54, 1.807) is 21.7 Å². The second-order valence-corrected chi connectivity index (χ2v) is 10.9. The third-order valence-corrected chi connectivity index (χ3v) is 8.35. The Morgan fingerprint density at radius 1 is 0.974 bits per heavy atom. The Labute approximate surface area is 224 Å². The minimum absolute atomic E-state index is 0.103. The first-order chi connectivity index (χ1) is 18.4. The van der Waals surface area contributed by atoms with Gasteiger partial charge in [-0.15, -0.1) is 0 Å². The van der Waals surface area contributed by atoms with Gasteiger partial charge in [0.15, 0.2) is 0 Å². The summed E-state index contributed by atoms with van der Waals surface area (Å²) in [6.45, 7) is 1.70. The van der Waals surface area contributed by atoms with Crippen LogP contribution in [0.4, 0.5) is 16.2 Å². The van der Waals surface area contributed by atoms with Crippen LogP contribution >= 0.6 is 0 Å². The van der Waals surface area contributed by atoms with E-state index in [2.05, 4.69) is 12.1 Å². The van der Waals surface area contributed by atoms with E-state index in [-0.39, 0.29) is 37.2 Å². The van der Waals surface area contributed by atoms with Crippen LogP contribution in [-0.4, -0.2) is 67.3 Å². The zero-order chi connectivity index (χ0) is 26.7. The van der Waals surface area contributed by atoms with E-state index in [0.29, 0.717) is 32.2 Å². The molecule has 1 saturated carbocycles. The highest BCUT2D eigenvalue weighted by atomic mass is 16.5. The Morgan fingerprint density at radius 3 is 2.24 bits per heavy atom. The predicted molar refractivity (Wildman–Crippen MR) is 145 cm³/mol. The summed E-state index contributed by atoms with van der Waals surface area (Å²) < 4.78 is 5.66. The molecular weight excluding hydrogens is 482 g/mol. The van der Waals surface area contributed by atoms with Crippen LogP contribution in [0.15, 0.2) is 54.6 Å². The van der Waals surface area contributed by atoms with Gasteiger partial charge in [-0.2, -0.15) is 0 Å². The van der Waals surface area contributed by atoms with Crippen LogP contribution in [0.5, 0.6) is 0 Å². The van der Waals surface area contributed by atoms with Crippen LogP contribution < -0.4 is 9.80 Å². The molecule has 3 fully saturated rings. The molecule has 8 heteroatoms. The molecule has 5 rings (SSSR count). The number of hydrogen-bond acceptors (Lipinski definition) is 4. The number of nitrogens with zero attached hydrogens (tertiary/aromatic N) is 3. The topological polar surface area (TPSA) is 90.4 Å². The molecule has 2 aromatic carbocycles. The molecule has 1 unspecified atom stereocenters. The third kappa shape index (κ3) is 5.55. The summed E-state index contributed by atoms with van der Waals surface area (Å²) in [5, 5.41) is 10.3. The number of rotatable bonds is 7. The molecule has 1 N–H and O–H groups in total. The van der Waals surface area contributed by atoms with Gasteiger partial charge >= 0.3 is 12.0 Å². The van der Waals surface area contributed by atoms with Crippen molar-refractivity contribution in [3.63, 3.8) is 0 Å². The van der Waals surface area contributed by atoms with Crippen molar-refractivity contribution in [1.82, 2.24) is 4.90 Å². The standard InChI is InChI=1S/C30H37N3O5/c1-31(24-13-11-23(12-14-24)22-9-10-22)29(37)32-17-15-30(16-18-32,28(35)36)20-27(34)33(25-6-3-2-4-7-25)26-8-5-19-38-21-26/h2-4,6-7,11-14,22,26H,5,8-10,15-21H2,1H3,(H,35,36). The summed E-state index contributed by atoms with van der Waals surface area (Å²) in [6, 6.07) is 17.3. The second-order valence-electron chi connectivity index (χ2n) is 10.9. The van der Waals surface area contributed by atoms with E-state index in [1.165, 1.54) is 18.4 Å². The molecular formula is C30H37N3O5. The monoisotopic (exact) mass is 519 g/mol. The number of carboxylic acid groups (broad SMARTS) is 1. The number of carbonyl (C=O) groups excluding carboxylic acids is 2. The number of benzene rings is 2. The minimum Gasteiger partial charge on any atom is -0.481 e. The quantitative estimate of drug-likeness (QED) is 0.563. The number of para-hydroxylation sites is 1. The third-order valence-electron chi connectivity index (χ3n) is 8.35. The summed E-state index contributed by atoms with van der Waals surface area (Å²) >= 11 is 0. The summed E-state index contributed by atoms with van der Waals surface area (Å²) in [6.07, 6.45) is 4.50. The first-order valence-electron chi connectivity index (χ1n) is 13.7. The number of anilines is 2. The number of urea groups is 1. The average Bonchev–Trinajstić information content (AvgIpc) is 3.80. The Morgan fingerprint density at radius 2 is 1.66 bits per heavy atom. The summed E-state index contributed by atoms with van der Waals surface area (Å²) in [4.78, 5) is 44.6. The molecule has 0 aromatic heterocycles. The van der Waals surface area contributed by atoms with Gasteiger partial charge in [-0.05, 0) is 74.3 Å². The average molecular weight is 520 g/mol. The molecule has 0 spiro atoms. The Hall–Kier alpha value is -3.39. The lowest BCUT2D eigenvalue weighted by Crippen LogP contribution is -2.53. The molecule has 1 aliphatic carbocycles. The van der Waals surface area contributed by atoms with Gasteiger partial charge < -0.3 is 19.6 Å². The lowest BCUT2D eigenvalue weighted by molar-refractivity contribution is -0.154. The van der Waals surface area contributed by atoms with Gasteiger partial charge in [0.1, 0.15) is 0 Å². The highest BCUT2D eigenvalue weighted by molar-refractivity contribution is 5.97. The van der Waals surface area contributed by atoms with E-state index in [9.17, 15) is 19.5 Å². The first-order valence-corrected chi connectivity index (χ1v) is 13.7. The van der Waals surface area contributed by atoms with Gasteiger partial charge in [0.25, 0.3) is 0 Å². The first kappa shape index (κ1) is 26.2. The molecule has 0 bridgehead atoms. The van der Waals surface area contributed by atoms with Gasteiger partial charge in [0, 0.05) is 44.5 Å². The van der Waals surface area contributed by atoms with Crippen molar-refractivity contribution in [3.05, 3.63) is 60.2 Å². The summed E-state index contributed by atoms with van der Waals surface area (Å²) in [5.74, 6) is -0.529. The molecule has 2 saturated heterocycles. The van der Waals surface area contributed by atoms with Crippen molar-refractivity contribution in [3.8, 4) is 0 Å². The van der Waals surface area contributed by atoms with Crippen molar-refractivity contribution >= 4 is 29.3 Å². The highest BCUT2D eigenvalue weighted by Crippen LogP contribution is 2.41. The fraction of sp³-hybridized carbons (Fsp3) is 0.500. The number of hydrogen-bond donors (Lipinski definition) is 1. The molecule has 2 aromatic rings. The minimum atomic E-state index is -1.21. The lowest BCUT2D eigenvalue weighted by atomic mass is 9.75. The molecule has 3 aliphatic rings. The van der Waals surface area contributed by atoms with Crippen molar-refractivity contribution in [2.24, 2.45) is 5.41 Å². The maximum absolute atomic E-state index is 13.7. The number of likely N-dealkylation sites (tertiary alicyclic amines) is 1. The molecule has 8 nitrogen and oxygen atoms in total. The second kappa shape index (κ2) is 11.2. The van der Waals surface area contributed by atoms with Crippen LogP contribution in [0.1, 0.15) is 56.4 Å². The smallest absolute Gasteiger partial charge is 0.324 e. The van der Waals surface area contributed by atoms with Gasteiger partial charge in [0.05, 0.1) is 18.1 Å². The van der Waals surface area contributed by atoms with E-state index in [1.807, 2.05) is 42.5 Å². The fourth-order valence-corrected chi connectivity index (χ4v) is 5.75. The molecule has 0 radical (unpaired) electrons. The Balaban J connectivity index is 1.26. The molecule has 3 amide bonds. The number of carbonyl (C=O) groups is 3. The molecule has 202 valence electrons. The lowest BCUT2D eigenvalue weighted by Gasteiger charge is -2.41. The van der Waals surface area contributed by atoms with Crippen LogP contribution in [0.25, 0.3) is 0 Å². The Bertz CT molecular complexity index is 1130. The van der Waals surface area contributed by atoms with Crippen LogP contribution in [-0.2, 0) is 14.3 Å². The van der Waals surface area contributed by atoms with Crippen LogP contribution in [0.2, 0.25) is 0 Å². The maximum Gasteiger partial charge on any atom is 0.324 e. The van der Waals surface area contributed by atoms with Crippen molar-refractivity contribution < 1.29 is 24.2 Å². The predicted octanol–water partition coefficient (Wildman–Crippen LogP) is 4.89. The zero-order valence-electron chi connectivity index (χ0n) is 22.1. The summed E-state index contributed by atoms with van der Waals surface area (Å²) in [5.41, 5.74) is 1.68. The van der Waals surface area contributed by atoms with Crippen molar-refractivity contribution in [2.45, 2.75) is 56.9 Å². The van der Waals surface area contributed by atoms with Crippen molar-refractivity contribution in [2.75, 3.05) is 43.2 Å². The highest BCUT2D eigenvalue weighted by Gasteiger charge is 2.46. The number of amides is 3. The van der Waals surface area contributed by atoms with E-state index >= 15 is 0 Å². The number of carboxylic acids is 1. The largest absolute Gasteiger partial charge is 0.481 e. The molecule has 2 heterocycles. The molecule has 38 heavy (non-hydrogen) atoms. The molecule has 2 aliphatic heterocycles. The number of aliphatic carboxylic acids is 1. The van der Waals surface area contributed by atoms with Crippen LogP contribution in [0.3, 0.4) is 0 Å². The fourth-order valence-electron chi connectivity index (χ4n) is 5.75. The Kier molecular flexibility index (Phi) is 7.70. The number of piperidine rings is 1. The van der Waals surface area contributed by atoms with Gasteiger partial charge in [-0.1, -0.05) is 30.3 Å². The van der Waals surface area contributed by atoms with E-state index in [4.69, 9.17) is 4.74 Å². The van der Waals surface area contributed by atoms with Crippen molar-refractivity contribution in [1.29, 1.82) is 0 Å².